The van der Waals surface area contributed by atoms with Crippen LogP contribution in [0.25, 0.3) is 0 Å². The van der Waals surface area contributed by atoms with Crippen LogP contribution < -0.4 is 5.32 Å². The van der Waals surface area contributed by atoms with Crippen molar-refractivity contribution in [2.24, 2.45) is 0 Å². The summed E-state index contributed by atoms with van der Waals surface area (Å²) >= 11 is 4.31. The summed E-state index contributed by atoms with van der Waals surface area (Å²) in [5, 5.41) is 3.17. The van der Waals surface area contributed by atoms with E-state index in [9.17, 15) is 13.2 Å². The summed E-state index contributed by atoms with van der Waals surface area (Å²) in [6, 6.07) is 1.33. The normalized spacial score (nSPS) is 19.1. The molecule has 0 saturated carbocycles. The van der Waals surface area contributed by atoms with E-state index in [-0.39, 0.29) is 15.8 Å². The second-order valence-electron chi connectivity index (χ2n) is 4.60. The molecule has 9 heteroatoms. The lowest BCUT2D eigenvalue weighted by atomic mass is 10.3. The first kappa shape index (κ1) is 16.9. The molecule has 0 aromatic carbocycles. The Kier molecular flexibility index (Phi) is 5.42. The van der Waals surface area contributed by atoms with E-state index in [0.717, 1.165) is 24.3 Å². The fourth-order valence-corrected chi connectivity index (χ4v) is 6.46. The van der Waals surface area contributed by atoms with Gasteiger partial charge < -0.3 is 10.1 Å². The van der Waals surface area contributed by atoms with Crippen LogP contribution in [-0.2, 0) is 14.8 Å². The van der Waals surface area contributed by atoms with E-state index in [1.54, 1.807) is 0 Å². The van der Waals surface area contributed by atoms with Gasteiger partial charge >= 0.3 is 5.97 Å². The summed E-state index contributed by atoms with van der Waals surface area (Å²) in [7, 11) is -2.37. The predicted molar refractivity (Wildman–Crippen MR) is 84.2 cm³/mol. The monoisotopic (exact) mass is 396 g/mol. The van der Waals surface area contributed by atoms with Crippen LogP contribution in [0.4, 0.5) is 0 Å². The van der Waals surface area contributed by atoms with E-state index in [1.807, 2.05) is 6.92 Å². The SMILES string of the molecule is CCN(C1CCNC1)S(=O)(=O)c1cc(C(=O)OC)sc1Br. The number of thiophene rings is 1. The van der Waals surface area contributed by atoms with E-state index in [2.05, 4.69) is 26.0 Å². The topological polar surface area (TPSA) is 75.7 Å². The number of methoxy groups -OCH3 is 1. The summed E-state index contributed by atoms with van der Waals surface area (Å²) in [5.41, 5.74) is 0. The molecular formula is C12H17BrN2O4S2. The van der Waals surface area contributed by atoms with Gasteiger partial charge in [0.05, 0.1) is 10.9 Å². The molecule has 1 fully saturated rings. The van der Waals surface area contributed by atoms with Gasteiger partial charge in [0.15, 0.2) is 0 Å². The molecule has 1 atom stereocenters. The molecule has 1 aliphatic heterocycles. The predicted octanol–water partition coefficient (Wildman–Crippen LogP) is 1.67. The zero-order chi connectivity index (χ0) is 15.6. The molecule has 1 aromatic rings. The van der Waals surface area contributed by atoms with Crippen molar-refractivity contribution in [1.82, 2.24) is 9.62 Å². The van der Waals surface area contributed by atoms with Crippen molar-refractivity contribution in [3.05, 3.63) is 14.7 Å². The summed E-state index contributed by atoms with van der Waals surface area (Å²) in [6.45, 7) is 3.68. The molecule has 0 radical (unpaired) electrons. The molecule has 1 aliphatic rings. The Morgan fingerprint density at radius 3 is 2.86 bits per heavy atom. The lowest BCUT2D eigenvalue weighted by Gasteiger charge is -2.25. The van der Waals surface area contributed by atoms with Gasteiger partial charge in [-0.2, -0.15) is 4.31 Å². The number of nitrogens with one attached hydrogen (secondary N) is 1. The third-order valence-electron chi connectivity index (χ3n) is 3.38. The number of hydrogen-bond donors (Lipinski definition) is 1. The van der Waals surface area contributed by atoms with Gasteiger partial charge in [-0.1, -0.05) is 6.92 Å². The molecule has 0 amide bonds. The third kappa shape index (κ3) is 3.31. The fraction of sp³-hybridized carbons (Fsp3) is 0.583. The minimum absolute atomic E-state index is 0.0478. The maximum atomic E-state index is 12.8. The minimum Gasteiger partial charge on any atom is -0.465 e. The largest absolute Gasteiger partial charge is 0.465 e. The minimum atomic E-state index is -3.64. The maximum absolute atomic E-state index is 12.8. The Morgan fingerprint density at radius 2 is 2.33 bits per heavy atom. The second-order valence-corrected chi connectivity index (χ2v) is 8.82. The van der Waals surface area contributed by atoms with Crippen LogP contribution in [0.2, 0.25) is 0 Å². The zero-order valence-corrected chi connectivity index (χ0v) is 15.0. The van der Waals surface area contributed by atoms with Crippen molar-refractivity contribution < 1.29 is 17.9 Å². The van der Waals surface area contributed by atoms with Crippen LogP contribution in [0.5, 0.6) is 0 Å². The van der Waals surface area contributed by atoms with Gasteiger partial charge in [0, 0.05) is 19.1 Å². The molecule has 118 valence electrons. The van der Waals surface area contributed by atoms with Gasteiger partial charge in [-0.3, -0.25) is 0 Å². The highest BCUT2D eigenvalue weighted by atomic mass is 79.9. The van der Waals surface area contributed by atoms with Gasteiger partial charge in [0.1, 0.15) is 9.77 Å². The average Bonchev–Trinajstić information content (AvgIpc) is 3.08. The van der Waals surface area contributed by atoms with Crippen molar-refractivity contribution in [1.29, 1.82) is 0 Å². The maximum Gasteiger partial charge on any atom is 0.348 e. The lowest BCUT2D eigenvalue weighted by molar-refractivity contribution is 0.0606. The van der Waals surface area contributed by atoms with Gasteiger partial charge in [0.25, 0.3) is 0 Å². The van der Waals surface area contributed by atoms with Crippen LogP contribution >= 0.6 is 27.3 Å². The van der Waals surface area contributed by atoms with E-state index < -0.39 is 16.0 Å². The van der Waals surface area contributed by atoms with E-state index >= 15 is 0 Å². The Hall–Kier alpha value is -0.480. The molecule has 6 nitrogen and oxygen atoms in total. The molecule has 0 spiro atoms. The van der Waals surface area contributed by atoms with Gasteiger partial charge in [-0.25, -0.2) is 13.2 Å². The molecule has 2 rings (SSSR count). The van der Waals surface area contributed by atoms with E-state index in [1.165, 1.54) is 17.5 Å². The van der Waals surface area contributed by atoms with Crippen LogP contribution in [-0.4, -0.2) is 51.5 Å². The highest BCUT2D eigenvalue weighted by Crippen LogP contribution is 2.34. The molecule has 0 aliphatic carbocycles. The van der Waals surface area contributed by atoms with E-state index in [0.29, 0.717) is 16.9 Å². The molecular weight excluding hydrogens is 380 g/mol. The third-order valence-corrected chi connectivity index (χ3v) is 7.64. The number of esters is 1. The van der Waals surface area contributed by atoms with Crippen LogP contribution in [0.1, 0.15) is 23.0 Å². The number of ether oxygens (including phenoxy) is 1. The number of likely N-dealkylation sites (N-methyl/N-ethyl adjacent to an activating group) is 1. The molecule has 0 bridgehead atoms. The highest BCUT2D eigenvalue weighted by Gasteiger charge is 2.34. The number of halogens is 1. The smallest absolute Gasteiger partial charge is 0.348 e. The number of sulfonamides is 1. The number of hydrogen-bond acceptors (Lipinski definition) is 6. The molecule has 1 aromatic heterocycles. The van der Waals surface area contributed by atoms with Gasteiger partial charge in [-0.05, 0) is 35.0 Å². The van der Waals surface area contributed by atoms with Crippen molar-refractivity contribution in [3.8, 4) is 0 Å². The van der Waals surface area contributed by atoms with Gasteiger partial charge in [-0.15, -0.1) is 11.3 Å². The molecule has 1 N–H and O–H groups in total. The lowest BCUT2D eigenvalue weighted by Crippen LogP contribution is -2.41. The first-order valence-electron chi connectivity index (χ1n) is 6.52. The van der Waals surface area contributed by atoms with Crippen LogP contribution in [0.3, 0.4) is 0 Å². The Bertz CT molecular complexity index is 623. The Morgan fingerprint density at radius 1 is 1.62 bits per heavy atom. The summed E-state index contributed by atoms with van der Waals surface area (Å²) in [5.74, 6) is -0.535. The number of nitrogens with zero attached hydrogens (tertiary/aromatic N) is 1. The Balaban J connectivity index is 2.38. The van der Waals surface area contributed by atoms with Crippen molar-refractivity contribution >= 4 is 43.3 Å². The number of carbonyl (C=O) groups is 1. The van der Waals surface area contributed by atoms with Gasteiger partial charge in [0.2, 0.25) is 10.0 Å². The first-order valence-corrected chi connectivity index (χ1v) is 9.57. The summed E-state index contributed by atoms with van der Waals surface area (Å²) < 4.78 is 32.2. The summed E-state index contributed by atoms with van der Waals surface area (Å²) in [6.07, 6.45) is 0.790. The van der Waals surface area contributed by atoms with Crippen molar-refractivity contribution in [2.75, 3.05) is 26.7 Å². The van der Waals surface area contributed by atoms with Crippen molar-refractivity contribution in [3.63, 3.8) is 0 Å². The van der Waals surface area contributed by atoms with Crippen LogP contribution in [0, 0.1) is 0 Å². The number of rotatable bonds is 5. The standard InChI is InChI=1S/C12H17BrN2O4S2/c1-3-15(8-4-5-14-7-8)21(17,18)10-6-9(12(16)19-2)20-11(10)13/h6,8,14H,3-5,7H2,1-2H3. The summed E-state index contributed by atoms with van der Waals surface area (Å²) in [4.78, 5) is 11.9. The second kappa shape index (κ2) is 6.74. The average molecular weight is 397 g/mol. The number of carbonyl (C=O) groups excluding carboxylic acids is 1. The Labute approximate surface area is 136 Å². The zero-order valence-electron chi connectivity index (χ0n) is 11.8. The molecule has 1 saturated heterocycles. The van der Waals surface area contributed by atoms with Crippen molar-refractivity contribution in [2.45, 2.75) is 24.3 Å². The quantitative estimate of drug-likeness (QED) is 0.766. The van der Waals surface area contributed by atoms with Crippen LogP contribution in [0.15, 0.2) is 14.7 Å². The molecule has 1 unspecified atom stereocenters. The highest BCUT2D eigenvalue weighted by molar-refractivity contribution is 9.11. The van der Waals surface area contributed by atoms with E-state index in [4.69, 9.17) is 0 Å². The molecule has 2 heterocycles. The first-order chi connectivity index (χ1) is 9.91. The molecule has 21 heavy (non-hydrogen) atoms. The fourth-order valence-electron chi connectivity index (χ4n) is 2.37.